The summed E-state index contributed by atoms with van der Waals surface area (Å²) in [4.78, 5) is 2.59. The molecule has 0 radical (unpaired) electrons. The SMILES string of the molecule is CCC(C)(C(NC)c1ccc(C)cc1C)N1CCOCC1. The fourth-order valence-electron chi connectivity index (χ4n) is 3.64. The minimum Gasteiger partial charge on any atom is -0.379 e. The van der Waals surface area contributed by atoms with Crippen LogP contribution < -0.4 is 5.32 Å². The molecule has 1 aromatic carbocycles. The van der Waals surface area contributed by atoms with E-state index in [9.17, 15) is 0 Å². The molecule has 0 spiro atoms. The number of nitrogens with zero attached hydrogens (tertiary/aromatic N) is 1. The fraction of sp³-hybridized carbons (Fsp3) is 0.667. The molecule has 1 N–H and O–H groups in total. The van der Waals surface area contributed by atoms with E-state index in [2.05, 4.69) is 63.2 Å². The molecule has 2 unspecified atom stereocenters. The zero-order valence-electron chi connectivity index (χ0n) is 14.2. The standard InChI is InChI=1S/C18H30N2O/c1-6-18(4,20-9-11-21-12-10-20)17(19-5)16-8-7-14(2)13-15(16)3/h7-8,13,17,19H,6,9-12H2,1-5H3. The Hall–Kier alpha value is -0.900. The van der Waals surface area contributed by atoms with Crippen molar-refractivity contribution in [1.82, 2.24) is 10.2 Å². The first-order chi connectivity index (χ1) is 10.0. The van der Waals surface area contributed by atoms with Crippen molar-refractivity contribution in [2.24, 2.45) is 0 Å². The van der Waals surface area contributed by atoms with Crippen LogP contribution >= 0.6 is 0 Å². The molecule has 0 aliphatic carbocycles. The summed E-state index contributed by atoms with van der Waals surface area (Å²) in [7, 11) is 2.08. The molecular formula is C18H30N2O. The molecule has 3 nitrogen and oxygen atoms in total. The van der Waals surface area contributed by atoms with E-state index < -0.39 is 0 Å². The number of hydrogen-bond donors (Lipinski definition) is 1. The molecule has 0 amide bonds. The van der Waals surface area contributed by atoms with E-state index in [0.717, 1.165) is 32.7 Å². The van der Waals surface area contributed by atoms with E-state index in [4.69, 9.17) is 4.74 Å². The van der Waals surface area contributed by atoms with E-state index in [0.29, 0.717) is 6.04 Å². The lowest BCUT2D eigenvalue weighted by Gasteiger charge is -2.48. The van der Waals surface area contributed by atoms with Gasteiger partial charge in [-0.1, -0.05) is 30.7 Å². The highest BCUT2D eigenvalue weighted by Crippen LogP contribution is 2.36. The van der Waals surface area contributed by atoms with Crippen LogP contribution in [-0.4, -0.2) is 43.8 Å². The second-order valence-electron chi connectivity index (χ2n) is 6.39. The second-order valence-corrected chi connectivity index (χ2v) is 6.39. The highest BCUT2D eigenvalue weighted by Gasteiger charge is 2.39. The van der Waals surface area contributed by atoms with Crippen LogP contribution in [0.5, 0.6) is 0 Å². The summed E-state index contributed by atoms with van der Waals surface area (Å²) in [5.74, 6) is 0. The van der Waals surface area contributed by atoms with Crippen LogP contribution in [0.15, 0.2) is 18.2 Å². The van der Waals surface area contributed by atoms with Crippen LogP contribution in [0.1, 0.15) is 43.0 Å². The van der Waals surface area contributed by atoms with Gasteiger partial charge < -0.3 is 10.1 Å². The van der Waals surface area contributed by atoms with Crippen molar-refractivity contribution in [1.29, 1.82) is 0 Å². The van der Waals surface area contributed by atoms with Gasteiger partial charge in [0.25, 0.3) is 0 Å². The zero-order chi connectivity index (χ0) is 15.5. The normalized spacial score (nSPS) is 21.0. The molecule has 21 heavy (non-hydrogen) atoms. The molecule has 1 aromatic rings. The van der Waals surface area contributed by atoms with Crippen LogP contribution in [0.25, 0.3) is 0 Å². The Morgan fingerprint density at radius 1 is 1.29 bits per heavy atom. The number of morpholine rings is 1. The van der Waals surface area contributed by atoms with Gasteiger partial charge in [0.05, 0.1) is 19.3 Å². The Bertz CT molecular complexity index is 468. The molecule has 1 aliphatic heterocycles. The van der Waals surface area contributed by atoms with Crippen LogP contribution in [0.4, 0.5) is 0 Å². The summed E-state index contributed by atoms with van der Waals surface area (Å²) in [6.07, 6.45) is 1.12. The molecule has 118 valence electrons. The van der Waals surface area contributed by atoms with Gasteiger partial charge in [-0.05, 0) is 45.4 Å². The Labute approximate surface area is 129 Å². The third kappa shape index (κ3) is 3.31. The maximum Gasteiger partial charge on any atom is 0.0594 e. The lowest BCUT2D eigenvalue weighted by molar-refractivity contribution is -0.0320. The van der Waals surface area contributed by atoms with Gasteiger partial charge in [-0.15, -0.1) is 0 Å². The van der Waals surface area contributed by atoms with Gasteiger partial charge in [0.1, 0.15) is 0 Å². The van der Waals surface area contributed by atoms with Crippen molar-refractivity contribution in [3.63, 3.8) is 0 Å². The van der Waals surface area contributed by atoms with Crippen LogP contribution in [-0.2, 0) is 4.74 Å². The van der Waals surface area contributed by atoms with Crippen LogP contribution in [0.3, 0.4) is 0 Å². The summed E-state index contributed by atoms with van der Waals surface area (Å²) in [5.41, 5.74) is 4.23. The number of aryl methyl sites for hydroxylation is 2. The van der Waals surface area contributed by atoms with Crippen molar-refractivity contribution in [3.8, 4) is 0 Å². The van der Waals surface area contributed by atoms with Crippen molar-refractivity contribution in [2.45, 2.75) is 45.7 Å². The lowest BCUT2D eigenvalue weighted by Crippen LogP contribution is -2.57. The number of ether oxygens (including phenoxy) is 1. The third-order valence-electron chi connectivity index (χ3n) is 5.10. The molecule has 0 aromatic heterocycles. The predicted octanol–water partition coefficient (Wildman–Crippen LogP) is 3.06. The second kappa shape index (κ2) is 6.91. The van der Waals surface area contributed by atoms with E-state index in [1.54, 1.807) is 0 Å². The average molecular weight is 290 g/mol. The Kier molecular flexibility index (Phi) is 5.42. The van der Waals surface area contributed by atoms with Gasteiger partial charge in [-0.3, -0.25) is 4.90 Å². The highest BCUT2D eigenvalue weighted by molar-refractivity contribution is 5.35. The molecule has 1 heterocycles. The van der Waals surface area contributed by atoms with E-state index in [-0.39, 0.29) is 5.54 Å². The first kappa shape index (κ1) is 16.5. The average Bonchev–Trinajstić information content (AvgIpc) is 2.50. The quantitative estimate of drug-likeness (QED) is 0.902. The summed E-state index contributed by atoms with van der Waals surface area (Å²) >= 11 is 0. The topological polar surface area (TPSA) is 24.5 Å². The molecule has 1 fully saturated rings. The molecule has 1 aliphatic rings. The molecule has 2 atom stereocenters. The van der Waals surface area contributed by atoms with E-state index in [1.807, 2.05) is 0 Å². The minimum absolute atomic E-state index is 0.110. The van der Waals surface area contributed by atoms with Crippen molar-refractivity contribution in [3.05, 3.63) is 34.9 Å². The Morgan fingerprint density at radius 3 is 2.48 bits per heavy atom. The van der Waals surface area contributed by atoms with E-state index in [1.165, 1.54) is 16.7 Å². The summed E-state index contributed by atoms with van der Waals surface area (Å²) in [5, 5.41) is 3.58. The third-order valence-corrected chi connectivity index (χ3v) is 5.10. The largest absolute Gasteiger partial charge is 0.379 e. The first-order valence-electron chi connectivity index (χ1n) is 8.10. The number of likely N-dealkylation sites (N-methyl/N-ethyl adjacent to an activating group) is 1. The molecule has 2 rings (SSSR count). The van der Waals surface area contributed by atoms with Crippen molar-refractivity contribution in [2.75, 3.05) is 33.4 Å². The maximum absolute atomic E-state index is 5.54. The van der Waals surface area contributed by atoms with Gasteiger partial charge in [0.2, 0.25) is 0 Å². The predicted molar refractivity (Wildman–Crippen MR) is 88.8 cm³/mol. The monoisotopic (exact) mass is 290 g/mol. The Morgan fingerprint density at radius 2 is 1.95 bits per heavy atom. The summed E-state index contributed by atoms with van der Waals surface area (Å²) in [6, 6.07) is 7.14. The molecule has 1 saturated heterocycles. The number of benzene rings is 1. The zero-order valence-corrected chi connectivity index (χ0v) is 14.2. The molecular weight excluding hydrogens is 260 g/mol. The Balaban J connectivity index is 2.35. The highest BCUT2D eigenvalue weighted by atomic mass is 16.5. The number of nitrogens with one attached hydrogen (secondary N) is 1. The number of rotatable bonds is 5. The maximum atomic E-state index is 5.54. The van der Waals surface area contributed by atoms with Gasteiger partial charge in [-0.2, -0.15) is 0 Å². The minimum atomic E-state index is 0.110. The summed E-state index contributed by atoms with van der Waals surface area (Å²) < 4.78 is 5.54. The molecule has 0 saturated carbocycles. The van der Waals surface area contributed by atoms with E-state index >= 15 is 0 Å². The number of hydrogen-bond acceptors (Lipinski definition) is 3. The van der Waals surface area contributed by atoms with Crippen LogP contribution in [0, 0.1) is 13.8 Å². The fourth-order valence-corrected chi connectivity index (χ4v) is 3.64. The van der Waals surface area contributed by atoms with Crippen LogP contribution in [0.2, 0.25) is 0 Å². The lowest BCUT2D eigenvalue weighted by atomic mass is 9.81. The first-order valence-corrected chi connectivity index (χ1v) is 8.10. The van der Waals surface area contributed by atoms with Crippen molar-refractivity contribution >= 4 is 0 Å². The van der Waals surface area contributed by atoms with Crippen molar-refractivity contribution < 1.29 is 4.74 Å². The van der Waals surface area contributed by atoms with Gasteiger partial charge in [0.15, 0.2) is 0 Å². The molecule has 0 bridgehead atoms. The van der Waals surface area contributed by atoms with Gasteiger partial charge in [-0.25, -0.2) is 0 Å². The van der Waals surface area contributed by atoms with Gasteiger partial charge >= 0.3 is 0 Å². The summed E-state index contributed by atoms with van der Waals surface area (Å²) in [6.45, 7) is 12.8. The van der Waals surface area contributed by atoms with Gasteiger partial charge in [0, 0.05) is 18.6 Å². The smallest absolute Gasteiger partial charge is 0.0594 e. The molecule has 3 heteroatoms.